The first-order valence-corrected chi connectivity index (χ1v) is 11.1. The molecule has 2 atom stereocenters. The third-order valence-corrected chi connectivity index (χ3v) is 7.03. The second-order valence-electron chi connectivity index (χ2n) is 8.97. The number of urea groups is 1. The number of rotatable bonds is 6. The van der Waals surface area contributed by atoms with Crippen LogP contribution in [0, 0.1) is 5.92 Å². The molecule has 3 aliphatic rings. The number of aryl methyl sites for hydroxylation is 1. The summed E-state index contributed by atoms with van der Waals surface area (Å²) in [7, 11) is 0. The molecule has 1 saturated carbocycles. The Morgan fingerprint density at radius 3 is 2.58 bits per heavy atom. The van der Waals surface area contributed by atoms with Gasteiger partial charge in [0.25, 0.3) is 5.91 Å². The van der Waals surface area contributed by atoms with Gasteiger partial charge in [0, 0.05) is 12.6 Å². The maximum absolute atomic E-state index is 13.4. The smallest absolute Gasteiger partial charge is 0.325 e. The Kier molecular flexibility index (Phi) is 4.80. The summed E-state index contributed by atoms with van der Waals surface area (Å²) in [5, 5.41) is 2.91. The van der Waals surface area contributed by atoms with Crippen molar-refractivity contribution >= 4 is 17.8 Å². The molecule has 6 nitrogen and oxygen atoms in total. The largest absolute Gasteiger partial charge is 0.334 e. The third kappa shape index (κ3) is 3.40. The highest BCUT2D eigenvalue weighted by molar-refractivity contribution is 6.09. The van der Waals surface area contributed by atoms with E-state index in [2.05, 4.69) is 12.2 Å². The molecule has 2 aliphatic carbocycles. The van der Waals surface area contributed by atoms with Crippen molar-refractivity contribution < 1.29 is 14.4 Å². The number of imide groups is 1. The molecule has 2 aromatic carbocycles. The molecule has 0 bridgehead atoms. The first kappa shape index (κ1) is 19.8. The van der Waals surface area contributed by atoms with Crippen molar-refractivity contribution in [2.24, 2.45) is 5.92 Å². The summed E-state index contributed by atoms with van der Waals surface area (Å²) < 4.78 is 0. The molecule has 2 aromatic rings. The number of hydrogen-bond donors (Lipinski definition) is 1. The zero-order chi connectivity index (χ0) is 21.6. The molecule has 1 N–H and O–H groups in total. The Morgan fingerprint density at radius 1 is 1.13 bits per heavy atom. The SMILES string of the molecule is C[C@H](C1CC1)N(Cc1ccccc1)C(=O)CN1C(=O)N[C@@]2(CCc3ccccc32)C1=O. The van der Waals surface area contributed by atoms with Gasteiger partial charge in [0.1, 0.15) is 12.1 Å². The van der Waals surface area contributed by atoms with Gasteiger partial charge in [0.2, 0.25) is 5.91 Å². The quantitative estimate of drug-likeness (QED) is 0.734. The zero-order valence-electron chi connectivity index (χ0n) is 17.7. The zero-order valence-corrected chi connectivity index (χ0v) is 17.7. The fraction of sp³-hybridized carbons (Fsp3) is 0.400. The predicted molar refractivity (Wildman–Crippen MR) is 116 cm³/mol. The molecule has 1 saturated heterocycles. The van der Waals surface area contributed by atoms with E-state index >= 15 is 0 Å². The van der Waals surface area contributed by atoms with Gasteiger partial charge in [-0.1, -0.05) is 54.6 Å². The predicted octanol–water partition coefficient (Wildman–Crippen LogP) is 3.21. The molecule has 0 aromatic heterocycles. The summed E-state index contributed by atoms with van der Waals surface area (Å²) in [6, 6.07) is 17.2. The van der Waals surface area contributed by atoms with Crippen molar-refractivity contribution in [3.63, 3.8) is 0 Å². The Hall–Kier alpha value is -3.15. The molecule has 31 heavy (non-hydrogen) atoms. The third-order valence-electron chi connectivity index (χ3n) is 7.03. The second kappa shape index (κ2) is 7.52. The fourth-order valence-corrected chi connectivity index (χ4v) is 5.03. The maximum atomic E-state index is 13.4. The van der Waals surface area contributed by atoms with Crippen LogP contribution in [0.1, 0.15) is 42.9 Å². The van der Waals surface area contributed by atoms with E-state index in [1.54, 1.807) is 0 Å². The summed E-state index contributed by atoms with van der Waals surface area (Å²) in [6.45, 7) is 2.33. The molecule has 1 spiro atoms. The van der Waals surface area contributed by atoms with Gasteiger partial charge in [-0.3, -0.25) is 14.5 Å². The molecule has 160 valence electrons. The van der Waals surface area contributed by atoms with Gasteiger partial charge in [0.15, 0.2) is 0 Å². The summed E-state index contributed by atoms with van der Waals surface area (Å²) in [5.41, 5.74) is 1.95. The Bertz CT molecular complexity index is 1030. The van der Waals surface area contributed by atoms with Gasteiger partial charge in [-0.25, -0.2) is 4.79 Å². The van der Waals surface area contributed by atoms with Gasteiger partial charge in [-0.05, 0) is 55.2 Å². The molecule has 1 heterocycles. The highest BCUT2D eigenvalue weighted by Gasteiger charge is 2.55. The van der Waals surface area contributed by atoms with Crippen LogP contribution in [0.15, 0.2) is 54.6 Å². The highest BCUT2D eigenvalue weighted by Crippen LogP contribution is 2.41. The first-order chi connectivity index (χ1) is 15.0. The van der Waals surface area contributed by atoms with Crippen molar-refractivity contribution in [3.05, 3.63) is 71.3 Å². The monoisotopic (exact) mass is 417 g/mol. The maximum Gasteiger partial charge on any atom is 0.325 e. The lowest BCUT2D eigenvalue weighted by molar-refractivity contribution is -0.141. The lowest BCUT2D eigenvalue weighted by Crippen LogP contribution is -2.47. The van der Waals surface area contributed by atoms with Crippen molar-refractivity contribution in [2.75, 3.05) is 6.54 Å². The highest BCUT2D eigenvalue weighted by atomic mass is 16.2. The molecule has 6 heteroatoms. The summed E-state index contributed by atoms with van der Waals surface area (Å²) in [5.74, 6) is -0.00607. The first-order valence-electron chi connectivity index (χ1n) is 11.1. The van der Waals surface area contributed by atoms with E-state index in [4.69, 9.17) is 0 Å². The molecule has 5 rings (SSSR count). The summed E-state index contributed by atoms with van der Waals surface area (Å²) >= 11 is 0. The van der Waals surface area contributed by atoms with Crippen LogP contribution in [-0.4, -0.2) is 40.2 Å². The van der Waals surface area contributed by atoms with Crippen molar-refractivity contribution in [1.29, 1.82) is 0 Å². The average molecular weight is 418 g/mol. The number of benzene rings is 2. The van der Waals surface area contributed by atoms with Gasteiger partial charge in [-0.15, -0.1) is 0 Å². The van der Waals surface area contributed by atoms with Gasteiger partial charge in [0.05, 0.1) is 0 Å². The molecule has 0 unspecified atom stereocenters. The second-order valence-corrected chi connectivity index (χ2v) is 8.97. The van der Waals surface area contributed by atoms with Crippen LogP contribution < -0.4 is 5.32 Å². The number of hydrogen-bond acceptors (Lipinski definition) is 3. The minimum atomic E-state index is -1.03. The Balaban J connectivity index is 1.37. The van der Waals surface area contributed by atoms with E-state index in [1.165, 1.54) is 0 Å². The molecule has 0 radical (unpaired) electrons. The normalized spacial score (nSPS) is 23.1. The summed E-state index contributed by atoms with van der Waals surface area (Å²) in [4.78, 5) is 42.5. The number of nitrogens with one attached hydrogen (secondary N) is 1. The number of fused-ring (bicyclic) bond motifs is 2. The van der Waals surface area contributed by atoms with Crippen LogP contribution in [0.5, 0.6) is 0 Å². The van der Waals surface area contributed by atoms with E-state index in [0.29, 0.717) is 18.9 Å². The van der Waals surface area contributed by atoms with E-state index < -0.39 is 11.6 Å². The minimum Gasteiger partial charge on any atom is -0.334 e. The number of carbonyl (C=O) groups is 3. The van der Waals surface area contributed by atoms with Crippen LogP contribution in [-0.2, 0) is 28.1 Å². The molecule has 2 fully saturated rings. The molecular weight excluding hydrogens is 390 g/mol. The molecule has 1 aliphatic heterocycles. The standard InChI is InChI=1S/C25H27N3O3/c1-17(19-11-12-19)27(15-18-7-3-2-4-8-18)22(29)16-28-23(30)25(26-24(28)31)14-13-20-9-5-6-10-21(20)25/h2-10,17,19H,11-16H2,1H3,(H,26,31)/t17-,25-/m1/s1. The van der Waals surface area contributed by atoms with Crippen LogP contribution in [0.4, 0.5) is 4.79 Å². The van der Waals surface area contributed by atoms with Crippen LogP contribution in [0.25, 0.3) is 0 Å². The number of carbonyl (C=O) groups excluding carboxylic acids is 3. The van der Waals surface area contributed by atoms with Gasteiger partial charge in [-0.2, -0.15) is 0 Å². The van der Waals surface area contributed by atoms with Crippen molar-refractivity contribution in [1.82, 2.24) is 15.1 Å². The van der Waals surface area contributed by atoms with Crippen LogP contribution >= 0.6 is 0 Å². The lowest BCUT2D eigenvalue weighted by Gasteiger charge is -2.31. The van der Waals surface area contributed by atoms with Crippen molar-refractivity contribution in [3.8, 4) is 0 Å². The van der Waals surface area contributed by atoms with E-state index in [9.17, 15) is 14.4 Å². The molecule has 4 amide bonds. The van der Waals surface area contributed by atoms with Crippen LogP contribution in [0.3, 0.4) is 0 Å². The number of amides is 4. The Labute approximate surface area is 182 Å². The summed E-state index contributed by atoms with van der Waals surface area (Å²) in [6.07, 6.45) is 3.50. The van der Waals surface area contributed by atoms with Crippen LogP contribution in [0.2, 0.25) is 0 Å². The minimum absolute atomic E-state index is 0.0784. The van der Waals surface area contributed by atoms with Gasteiger partial charge >= 0.3 is 6.03 Å². The Morgan fingerprint density at radius 2 is 1.84 bits per heavy atom. The average Bonchev–Trinajstić information content (AvgIpc) is 3.54. The number of nitrogens with zero attached hydrogens (tertiary/aromatic N) is 2. The topological polar surface area (TPSA) is 69.7 Å². The lowest BCUT2D eigenvalue weighted by atomic mass is 9.92. The van der Waals surface area contributed by atoms with E-state index in [1.807, 2.05) is 59.5 Å². The molecular formula is C25H27N3O3. The van der Waals surface area contributed by atoms with E-state index in [-0.39, 0.29) is 24.4 Å². The van der Waals surface area contributed by atoms with Crippen molar-refractivity contribution in [2.45, 2.75) is 50.7 Å². The fourth-order valence-electron chi connectivity index (χ4n) is 5.03. The van der Waals surface area contributed by atoms with E-state index in [0.717, 1.165) is 40.9 Å². The van der Waals surface area contributed by atoms with Gasteiger partial charge < -0.3 is 10.2 Å².